The van der Waals surface area contributed by atoms with Crippen LogP contribution >= 0.6 is 0 Å². The Morgan fingerprint density at radius 1 is 0.931 bits per heavy atom. The Morgan fingerprint density at radius 3 is 2.52 bits per heavy atom. The summed E-state index contributed by atoms with van der Waals surface area (Å²) in [7, 11) is 0. The summed E-state index contributed by atoms with van der Waals surface area (Å²) < 4.78 is 6.00. The third-order valence-corrected chi connectivity index (χ3v) is 5.15. The second-order valence-corrected chi connectivity index (χ2v) is 7.53. The van der Waals surface area contributed by atoms with Crippen molar-refractivity contribution in [1.29, 1.82) is 0 Å². The van der Waals surface area contributed by atoms with Gasteiger partial charge in [0.1, 0.15) is 5.75 Å². The van der Waals surface area contributed by atoms with Gasteiger partial charge in [0.15, 0.2) is 0 Å². The Hall–Kier alpha value is -2.81. The Kier molecular flexibility index (Phi) is 7.69. The first-order valence-electron chi connectivity index (χ1n) is 10.7. The van der Waals surface area contributed by atoms with Gasteiger partial charge in [0.2, 0.25) is 5.91 Å². The summed E-state index contributed by atoms with van der Waals surface area (Å²) in [5.74, 6) is 0.923. The van der Waals surface area contributed by atoms with E-state index in [4.69, 9.17) is 4.74 Å². The van der Waals surface area contributed by atoms with Crippen molar-refractivity contribution in [2.24, 2.45) is 0 Å². The van der Waals surface area contributed by atoms with Crippen molar-refractivity contribution < 1.29 is 9.53 Å². The van der Waals surface area contributed by atoms with Crippen LogP contribution in [0.25, 0.3) is 21.9 Å². The van der Waals surface area contributed by atoms with E-state index in [9.17, 15) is 4.79 Å². The third kappa shape index (κ3) is 6.08. The van der Waals surface area contributed by atoms with Crippen molar-refractivity contribution in [2.45, 2.75) is 46.0 Å². The lowest BCUT2D eigenvalue weighted by atomic mass is 9.95. The quantitative estimate of drug-likeness (QED) is 0.423. The first-order chi connectivity index (χ1) is 14.2. The van der Waals surface area contributed by atoms with Gasteiger partial charge in [0.05, 0.1) is 6.61 Å². The summed E-state index contributed by atoms with van der Waals surface area (Å²) in [6.45, 7) is 5.17. The number of nitrogens with one attached hydrogen (secondary N) is 1. The molecule has 0 saturated carbocycles. The molecular weight excluding hydrogens is 358 g/mol. The van der Waals surface area contributed by atoms with Gasteiger partial charge in [-0.3, -0.25) is 4.79 Å². The Labute approximate surface area is 174 Å². The second kappa shape index (κ2) is 10.7. The van der Waals surface area contributed by atoms with E-state index in [0.29, 0.717) is 6.54 Å². The van der Waals surface area contributed by atoms with Crippen molar-refractivity contribution in [2.75, 3.05) is 13.2 Å². The van der Waals surface area contributed by atoms with Crippen LogP contribution < -0.4 is 10.1 Å². The van der Waals surface area contributed by atoms with Gasteiger partial charge in [-0.1, -0.05) is 68.7 Å². The largest absolute Gasteiger partial charge is 0.494 e. The van der Waals surface area contributed by atoms with Crippen molar-refractivity contribution in [3.05, 3.63) is 66.2 Å². The lowest BCUT2D eigenvalue weighted by Crippen LogP contribution is -2.22. The van der Waals surface area contributed by atoms with Crippen LogP contribution in [0.3, 0.4) is 0 Å². The van der Waals surface area contributed by atoms with Gasteiger partial charge in [-0.2, -0.15) is 0 Å². The summed E-state index contributed by atoms with van der Waals surface area (Å²) in [5.41, 5.74) is 3.63. The zero-order valence-electron chi connectivity index (χ0n) is 17.5. The molecule has 152 valence electrons. The Balaban J connectivity index is 1.87. The maximum absolute atomic E-state index is 11.3. The summed E-state index contributed by atoms with van der Waals surface area (Å²) in [5, 5.41) is 5.31. The molecule has 0 spiro atoms. The lowest BCUT2D eigenvalue weighted by Gasteiger charge is -2.13. The van der Waals surface area contributed by atoms with Crippen LogP contribution in [0.5, 0.6) is 5.75 Å². The zero-order chi connectivity index (χ0) is 20.5. The van der Waals surface area contributed by atoms with Gasteiger partial charge >= 0.3 is 0 Å². The summed E-state index contributed by atoms with van der Waals surface area (Å²) in [6.07, 6.45) is 5.59. The number of benzene rings is 3. The van der Waals surface area contributed by atoms with Gasteiger partial charge < -0.3 is 10.1 Å². The normalized spacial score (nSPS) is 10.8. The number of ether oxygens (including phenoxy) is 1. The van der Waals surface area contributed by atoms with Crippen LogP contribution in [0.15, 0.2) is 60.7 Å². The highest BCUT2D eigenvalue weighted by Gasteiger charge is 2.08. The molecule has 29 heavy (non-hydrogen) atoms. The highest BCUT2D eigenvalue weighted by Crippen LogP contribution is 2.30. The smallest absolute Gasteiger partial charge is 0.216 e. The summed E-state index contributed by atoms with van der Waals surface area (Å²) in [4.78, 5) is 11.3. The van der Waals surface area contributed by atoms with E-state index in [1.165, 1.54) is 46.7 Å². The zero-order valence-corrected chi connectivity index (χ0v) is 17.5. The van der Waals surface area contributed by atoms with Gasteiger partial charge in [0.25, 0.3) is 0 Å². The molecule has 0 saturated heterocycles. The van der Waals surface area contributed by atoms with Gasteiger partial charge in [-0.25, -0.2) is 0 Å². The minimum absolute atomic E-state index is 0.00428. The molecule has 1 amide bonds. The third-order valence-electron chi connectivity index (χ3n) is 5.15. The van der Waals surface area contributed by atoms with Gasteiger partial charge in [0, 0.05) is 13.5 Å². The Bertz CT molecular complexity index is 934. The SMILES string of the molecule is CCCCCCOc1ccc2cc(-c3ccccc3)cc(CCNC(C)=O)c2c1. The van der Waals surface area contributed by atoms with Crippen molar-refractivity contribution in [1.82, 2.24) is 5.32 Å². The molecule has 0 aliphatic heterocycles. The molecule has 0 aliphatic carbocycles. The van der Waals surface area contributed by atoms with E-state index in [0.717, 1.165) is 25.2 Å². The predicted octanol–water partition coefficient (Wildman–Crippen LogP) is 6.14. The molecule has 3 rings (SSSR count). The average Bonchev–Trinajstić information content (AvgIpc) is 2.74. The molecule has 0 unspecified atom stereocenters. The molecule has 0 aromatic heterocycles. The fraction of sp³-hybridized carbons (Fsp3) is 0.346. The van der Waals surface area contributed by atoms with E-state index >= 15 is 0 Å². The molecule has 0 radical (unpaired) electrons. The number of fused-ring (bicyclic) bond motifs is 1. The van der Waals surface area contributed by atoms with Crippen LogP contribution in [0.2, 0.25) is 0 Å². The Morgan fingerprint density at radius 2 is 1.76 bits per heavy atom. The molecule has 3 heteroatoms. The highest BCUT2D eigenvalue weighted by atomic mass is 16.5. The average molecular weight is 390 g/mol. The van der Waals surface area contributed by atoms with E-state index in [2.05, 4.69) is 66.8 Å². The molecule has 3 nitrogen and oxygen atoms in total. The molecule has 0 bridgehead atoms. The van der Waals surface area contributed by atoms with Crippen LogP contribution in [0.1, 0.15) is 45.1 Å². The first kappa shape index (κ1) is 20.9. The molecule has 0 fully saturated rings. The van der Waals surface area contributed by atoms with Crippen molar-refractivity contribution >= 4 is 16.7 Å². The first-order valence-corrected chi connectivity index (χ1v) is 10.7. The standard InChI is InChI=1S/C26H31NO2/c1-3-4-5-9-16-29-25-13-12-22-17-24(21-10-7-6-8-11-21)18-23(26(22)19-25)14-15-27-20(2)28/h6-8,10-13,17-19H,3-5,9,14-16H2,1-2H3,(H,27,28). The maximum atomic E-state index is 11.3. The number of amides is 1. The summed E-state index contributed by atoms with van der Waals surface area (Å²) >= 11 is 0. The molecule has 0 heterocycles. The fourth-order valence-electron chi connectivity index (χ4n) is 3.60. The molecule has 0 aliphatic rings. The number of carbonyl (C=O) groups is 1. The van der Waals surface area contributed by atoms with Crippen LogP contribution in [0, 0.1) is 0 Å². The number of hydrogen-bond acceptors (Lipinski definition) is 2. The molecule has 3 aromatic carbocycles. The van der Waals surface area contributed by atoms with E-state index < -0.39 is 0 Å². The predicted molar refractivity (Wildman–Crippen MR) is 121 cm³/mol. The van der Waals surface area contributed by atoms with Crippen LogP contribution in [-0.4, -0.2) is 19.1 Å². The second-order valence-electron chi connectivity index (χ2n) is 7.53. The lowest BCUT2D eigenvalue weighted by molar-refractivity contribution is -0.118. The van der Waals surface area contributed by atoms with E-state index in [1.54, 1.807) is 6.92 Å². The molecule has 3 aromatic rings. The van der Waals surface area contributed by atoms with Crippen molar-refractivity contribution in [3.63, 3.8) is 0 Å². The van der Waals surface area contributed by atoms with Crippen LogP contribution in [0.4, 0.5) is 0 Å². The van der Waals surface area contributed by atoms with E-state index in [-0.39, 0.29) is 5.91 Å². The highest BCUT2D eigenvalue weighted by molar-refractivity contribution is 5.91. The van der Waals surface area contributed by atoms with Crippen LogP contribution in [-0.2, 0) is 11.2 Å². The van der Waals surface area contributed by atoms with Gasteiger partial charge in [-0.15, -0.1) is 0 Å². The number of carbonyl (C=O) groups excluding carboxylic acids is 1. The van der Waals surface area contributed by atoms with Gasteiger partial charge in [-0.05, 0) is 58.5 Å². The van der Waals surface area contributed by atoms with Crippen molar-refractivity contribution in [3.8, 4) is 16.9 Å². The topological polar surface area (TPSA) is 38.3 Å². The number of unbranched alkanes of at least 4 members (excludes halogenated alkanes) is 3. The minimum Gasteiger partial charge on any atom is -0.494 e. The fourth-order valence-corrected chi connectivity index (χ4v) is 3.60. The molecule has 1 N–H and O–H groups in total. The molecular formula is C26H31NO2. The number of rotatable bonds is 10. The summed E-state index contributed by atoms with van der Waals surface area (Å²) in [6, 6.07) is 21.2. The monoisotopic (exact) mass is 389 g/mol. The minimum atomic E-state index is 0.00428. The maximum Gasteiger partial charge on any atom is 0.216 e. The number of hydrogen-bond donors (Lipinski definition) is 1. The molecule has 0 atom stereocenters. The van der Waals surface area contributed by atoms with E-state index in [1.807, 2.05) is 6.07 Å².